The fraction of sp³-hybridized carbons (Fsp3) is 0.368. The first-order valence-corrected chi connectivity index (χ1v) is 8.03. The van der Waals surface area contributed by atoms with Crippen molar-refractivity contribution in [1.29, 1.82) is 0 Å². The van der Waals surface area contributed by atoms with Gasteiger partial charge in [0.2, 0.25) is 0 Å². The van der Waals surface area contributed by atoms with Gasteiger partial charge >= 0.3 is 0 Å². The molecule has 0 aromatic heterocycles. The summed E-state index contributed by atoms with van der Waals surface area (Å²) in [6, 6.07) is 11.7. The number of phenols is 2. The molecule has 0 saturated carbocycles. The summed E-state index contributed by atoms with van der Waals surface area (Å²) in [5, 5.41) is 29.7. The molecule has 1 unspecified atom stereocenters. The zero-order chi connectivity index (χ0) is 18.0. The van der Waals surface area contributed by atoms with E-state index in [1.165, 1.54) is 7.11 Å². The Morgan fingerprint density at radius 3 is 2.44 bits per heavy atom. The Morgan fingerprint density at radius 1 is 1.08 bits per heavy atom. The lowest BCUT2D eigenvalue weighted by Crippen LogP contribution is -2.28. The molecule has 1 saturated heterocycles. The minimum Gasteiger partial charge on any atom is -0.508 e. The van der Waals surface area contributed by atoms with Gasteiger partial charge in [0.1, 0.15) is 11.9 Å². The highest BCUT2D eigenvalue weighted by atomic mass is 16.5. The van der Waals surface area contributed by atoms with E-state index in [0.717, 1.165) is 11.1 Å². The third kappa shape index (κ3) is 3.42. The molecule has 1 aliphatic heterocycles. The van der Waals surface area contributed by atoms with Crippen LogP contribution in [-0.4, -0.2) is 48.4 Å². The molecule has 6 nitrogen and oxygen atoms in total. The Kier molecular flexibility index (Phi) is 5.13. The minimum atomic E-state index is -0.675. The van der Waals surface area contributed by atoms with Crippen LogP contribution in [0.25, 0.3) is 0 Å². The van der Waals surface area contributed by atoms with Crippen LogP contribution in [0.15, 0.2) is 42.5 Å². The normalized spacial score (nSPS) is 24.2. The number of benzene rings is 2. The van der Waals surface area contributed by atoms with Gasteiger partial charge in [-0.15, -0.1) is 0 Å². The van der Waals surface area contributed by atoms with Crippen LogP contribution in [0.3, 0.4) is 0 Å². The molecular weight excluding hydrogens is 324 g/mol. The molecule has 1 heterocycles. The Morgan fingerprint density at radius 2 is 1.80 bits per heavy atom. The highest BCUT2D eigenvalue weighted by Gasteiger charge is 2.42. The van der Waals surface area contributed by atoms with Gasteiger partial charge in [-0.05, 0) is 35.4 Å². The van der Waals surface area contributed by atoms with Gasteiger partial charge in [-0.3, -0.25) is 0 Å². The van der Waals surface area contributed by atoms with E-state index >= 15 is 0 Å². The van der Waals surface area contributed by atoms with Gasteiger partial charge in [-0.25, -0.2) is 0 Å². The molecule has 3 rings (SSSR count). The molecule has 0 amide bonds. The van der Waals surface area contributed by atoms with Crippen LogP contribution in [0.4, 0.5) is 0 Å². The van der Waals surface area contributed by atoms with Crippen molar-refractivity contribution in [3.05, 3.63) is 53.6 Å². The van der Waals surface area contributed by atoms with E-state index < -0.39 is 18.3 Å². The minimum absolute atomic E-state index is 0.0450. The Bertz CT molecular complexity index is 714. The summed E-state index contributed by atoms with van der Waals surface area (Å²) >= 11 is 0. The lowest BCUT2D eigenvalue weighted by atomic mass is 9.86. The Balaban J connectivity index is 1.94. The number of ether oxygens (including phenoxy) is 3. The molecule has 0 bridgehead atoms. The van der Waals surface area contributed by atoms with Crippen LogP contribution >= 0.6 is 0 Å². The molecule has 134 valence electrons. The van der Waals surface area contributed by atoms with Crippen molar-refractivity contribution in [2.24, 2.45) is 0 Å². The molecule has 1 fully saturated rings. The fourth-order valence-electron chi connectivity index (χ4n) is 3.35. The molecule has 1 aliphatic rings. The summed E-state index contributed by atoms with van der Waals surface area (Å²) in [4.78, 5) is 0. The number of phenolic OH excluding ortho intramolecular Hbond substituents is 2. The lowest BCUT2D eigenvalue weighted by molar-refractivity contribution is -0.0346. The summed E-state index contributed by atoms with van der Waals surface area (Å²) in [7, 11) is 3.06. The number of hydrogen-bond acceptors (Lipinski definition) is 6. The number of aromatic hydroxyl groups is 2. The first-order valence-electron chi connectivity index (χ1n) is 8.03. The van der Waals surface area contributed by atoms with Gasteiger partial charge in [0.25, 0.3) is 0 Å². The molecule has 4 atom stereocenters. The van der Waals surface area contributed by atoms with Crippen molar-refractivity contribution >= 4 is 0 Å². The molecule has 2 aromatic carbocycles. The van der Waals surface area contributed by atoms with Crippen molar-refractivity contribution < 1.29 is 29.5 Å². The average molecular weight is 346 g/mol. The quantitative estimate of drug-likeness (QED) is 0.770. The molecule has 6 heteroatoms. The van der Waals surface area contributed by atoms with E-state index in [2.05, 4.69) is 0 Å². The van der Waals surface area contributed by atoms with Gasteiger partial charge in [-0.2, -0.15) is 0 Å². The molecule has 25 heavy (non-hydrogen) atoms. The van der Waals surface area contributed by atoms with Crippen LogP contribution < -0.4 is 4.74 Å². The van der Waals surface area contributed by atoms with Gasteiger partial charge in [-0.1, -0.05) is 18.2 Å². The zero-order valence-corrected chi connectivity index (χ0v) is 14.1. The SMILES string of the molecule is COc1cc(C(OC)[C@@H]2OC[C@@H](O)[C@H]2c2ccc(O)cc2)ccc1O. The number of aliphatic hydroxyl groups excluding tert-OH is 1. The molecule has 0 spiro atoms. The largest absolute Gasteiger partial charge is 0.508 e. The summed E-state index contributed by atoms with van der Waals surface area (Å²) in [5.74, 6) is 0.258. The molecule has 2 aromatic rings. The van der Waals surface area contributed by atoms with Crippen molar-refractivity contribution in [3.63, 3.8) is 0 Å². The van der Waals surface area contributed by atoms with Crippen LogP contribution in [0.5, 0.6) is 17.2 Å². The monoisotopic (exact) mass is 346 g/mol. The third-order valence-corrected chi connectivity index (χ3v) is 4.59. The molecule has 3 N–H and O–H groups in total. The van der Waals surface area contributed by atoms with Crippen molar-refractivity contribution in [1.82, 2.24) is 0 Å². The maximum Gasteiger partial charge on any atom is 0.160 e. The second kappa shape index (κ2) is 7.31. The van der Waals surface area contributed by atoms with Gasteiger partial charge in [0, 0.05) is 13.0 Å². The summed E-state index contributed by atoms with van der Waals surface area (Å²) in [5.41, 5.74) is 1.64. The van der Waals surface area contributed by atoms with E-state index in [1.54, 1.807) is 49.6 Å². The average Bonchev–Trinajstić information content (AvgIpc) is 2.99. The summed E-state index contributed by atoms with van der Waals surface area (Å²) < 4.78 is 16.7. The van der Waals surface area contributed by atoms with Gasteiger partial charge in [0.05, 0.1) is 25.9 Å². The second-order valence-corrected chi connectivity index (χ2v) is 6.07. The van der Waals surface area contributed by atoms with Crippen molar-refractivity contribution in [2.75, 3.05) is 20.8 Å². The second-order valence-electron chi connectivity index (χ2n) is 6.07. The van der Waals surface area contributed by atoms with Crippen molar-refractivity contribution in [2.45, 2.75) is 24.2 Å². The topological polar surface area (TPSA) is 88.4 Å². The first kappa shape index (κ1) is 17.5. The summed E-state index contributed by atoms with van der Waals surface area (Å²) in [6.07, 6.45) is -1.55. The number of methoxy groups -OCH3 is 2. The van der Waals surface area contributed by atoms with Crippen LogP contribution in [0.2, 0.25) is 0 Å². The van der Waals surface area contributed by atoms with Crippen LogP contribution in [0, 0.1) is 0 Å². The Labute approximate surface area is 146 Å². The number of hydrogen-bond donors (Lipinski definition) is 3. The number of aliphatic hydroxyl groups is 1. The van der Waals surface area contributed by atoms with E-state index in [-0.39, 0.29) is 24.0 Å². The molecule has 0 radical (unpaired) electrons. The third-order valence-electron chi connectivity index (χ3n) is 4.59. The van der Waals surface area contributed by atoms with E-state index in [1.807, 2.05) is 0 Å². The van der Waals surface area contributed by atoms with Crippen LogP contribution in [-0.2, 0) is 9.47 Å². The standard InChI is InChI=1S/C19H22O6/c1-23-16-9-12(5-8-14(16)21)18(24-2)19-17(15(22)10-25-19)11-3-6-13(20)7-4-11/h3-9,15,17-22H,10H2,1-2H3/t15-,17-,18?,19-/m1/s1. The lowest BCUT2D eigenvalue weighted by Gasteiger charge is -2.28. The highest BCUT2D eigenvalue weighted by Crippen LogP contribution is 2.41. The smallest absolute Gasteiger partial charge is 0.160 e. The van der Waals surface area contributed by atoms with E-state index in [4.69, 9.17) is 14.2 Å². The van der Waals surface area contributed by atoms with Crippen LogP contribution in [0.1, 0.15) is 23.1 Å². The predicted octanol–water partition coefficient (Wildman–Crippen LogP) is 2.34. The maximum absolute atomic E-state index is 10.4. The molecular formula is C19H22O6. The summed E-state index contributed by atoms with van der Waals surface area (Å²) in [6.45, 7) is 0.200. The molecule has 0 aliphatic carbocycles. The van der Waals surface area contributed by atoms with Gasteiger partial charge in [0.15, 0.2) is 11.5 Å². The number of rotatable bonds is 5. The van der Waals surface area contributed by atoms with Crippen molar-refractivity contribution in [3.8, 4) is 17.2 Å². The Hall–Kier alpha value is -2.28. The first-order chi connectivity index (χ1) is 12.0. The van der Waals surface area contributed by atoms with E-state index in [0.29, 0.717) is 5.75 Å². The van der Waals surface area contributed by atoms with Gasteiger partial charge < -0.3 is 29.5 Å². The maximum atomic E-state index is 10.4. The highest BCUT2D eigenvalue weighted by molar-refractivity contribution is 5.43. The predicted molar refractivity (Wildman–Crippen MR) is 91.0 cm³/mol. The van der Waals surface area contributed by atoms with E-state index in [9.17, 15) is 15.3 Å². The fourth-order valence-corrected chi connectivity index (χ4v) is 3.35. The zero-order valence-electron chi connectivity index (χ0n) is 14.1.